The molecule has 0 aliphatic heterocycles. The van der Waals surface area contributed by atoms with Gasteiger partial charge in [-0.25, -0.2) is 9.97 Å². The van der Waals surface area contributed by atoms with Crippen LogP contribution in [0.5, 0.6) is 0 Å². The van der Waals surface area contributed by atoms with Gasteiger partial charge in [0.15, 0.2) is 0 Å². The van der Waals surface area contributed by atoms with Crippen molar-refractivity contribution in [1.29, 1.82) is 0 Å². The van der Waals surface area contributed by atoms with Crippen molar-refractivity contribution in [2.24, 2.45) is 0 Å². The molecule has 0 saturated heterocycles. The second-order valence-corrected chi connectivity index (χ2v) is 6.97. The monoisotopic (exact) mass is 374 g/mol. The molecule has 0 spiro atoms. The molecule has 0 atom stereocenters. The van der Waals surface area contributed by atoms with Gasteiger partial charge in [-0.3, -0.25) is 4.79 Å². The van der Waals surface area contributed by atoms with Crippen molar-refractivity contribution in [2.45, 2.75) is 32.9 Å². The second-order valence-electron chi connectivity index (χ2n) is 6.97. The summed E-state index contributed by atoms with van der Waals surface area (Å²) in [5.74, 6) is 0.473. The third kappa shape index (κ3) is 5.39. The van der Waals surface area contributed by atoms with E-state index in [9.17, 15) is 4.79 Å². The molecule has 1 amide bonds. The molecule has 0 fully saturated rings. The van der Waals surface area contributed by atoms with Crippen LogP contribution in [-0.2, 0) is 13.0 Å². The summed E-state index contributed by atoms with van der Waals surface area (Å²) in [6.07, 6.45) is 4.09. The minimum atomic E-state index is -0.0605. The number of rotatable bonds is 8. The van der Waals surface area contributed by atoms with E-state index >= 15 is 0 Å². The number of anilines is 1. The number of carbonyl (C=O) groups excluding carboxylic acids is 1. The molecule has 3 rings (SSSR count). The minimum absolute atomic E-state index is 0.0605. The maximum Gasteiger partial charge on any atom is 0.257 e. The number of amides is 1. The van der Waals surface area contributed by atoms with Gasteiger partial charge in [0.25, 0.3) is 5.91 Å². The number of carbonyl (C=O) groups is 1. The largest absolute Gasteiger partial charge is 0.354 e. The Labute approximate surface area is 166 Å². The Balaban J connectivity index is 1.60. The van der Waals surface area contributed by atoms with E-state index in [2.05, 4.69) is 27.4 Å². The van der Waals surface area contributed by atoms with Crippen LogP contribution in [-0.4, -0.2) is 33.4 Å². The number of hydrogen-bond acceptors (Lipinski definition) is 4. The average Bonchev–Trinajstić information content (AvgIpc) is 2.73. The molecule has 144 valence electrons. The molecule has 2 aromatic carbocycles. The lowest BCUT2D eigenvalue weighted by atomic mass is 10.1. The van der Waals surface area contributed by atoms with E-state index < -0.39 is 0 Å². The Morgan fingerprint density at radius 1 is 0.929 bits per heavy atom. The van der Waals surface area contributed by atoms with E-state index in [1.165, 1.54) is 5.56 Å². The van der Waals surface area contributed by atoms with E-state index in [-0.39, 0.29) is 11.9 Å². The zero-order chi connectivity index (χ0) is 19.8. The molecule has 0 unspecified atom stereocenters. The fourth-order valence-electron chi connectivity index (χ4n) is 2.93. The van der Waals surface area contributed by atoms with Crippen LogP contribution in [0.4, 0.5) is 5.95 Å². The van der Waals surface area contributed by atoms with E-state index in [1.807, 2.05) is 67.3 Å². The standard InChI is InChI=1S/C23H26N4O/c1-18(2)27(17-20-11-7-4-8-12-20)22(28)21-15-25-23(26-16-21)24-14-13-19-9-5-3-6-10-19/h3-12,15-16,18H,13-14,17H2,1-2H3,(H,24,25,26). The third-order valence-corrected chi connectivity index (χ3v) is 4.52. The normalized spacial score (nSPS) is 10.7. The molecule has 1 aromatic heterocycles. The van der Waals surface area contributed by atoms with Crippen molar-refractivity contribution in [1.82, 2.24) is 14.9 Å². The van der Waals surface area contributed by atoms with Crippen LogP contribution in [0.15, 0.2) is 73.1 Å². The SMILES string of the molecule is CC(C)N(Cc1ccccc1)C(=O)c1cnc(NCCc2ccccc2)nc1. The molecular weight excluding hydrogens is 348 g/mol. The smallest absolute Gasteiger partial charge is 0.257 e. The Kier molecular flexibility index (Phi) is 6.73. The van der Waals surface area contributed by atoms with Gasteiger partial charge in [0, 0.05) is 31.5 Å². The summed E-state index contributed by atoms with van der Waals surface area (Å²) < 4.78 is 0. The van der Waals surface area contributed by atoms with Gasteiger partial charge in [-0.2, -0.15) is 0 Å². The van der Waals surface area contributed by atoms with Gasteiger partial charge >= 0.3 is 0 Å². The highest BCUT2D eigenvalue weighted by atomic mass is 16.2. The molecule has 1 N–H and O–H groups in total. The van der Waals surface area contributed by atoms with E-state index in [1.54, 1.807) is 12.4 Å². The van der Waals surface area contributed by atoms with Gasteiger partial charge in [-0.1, -0.05) is 60.7 Å². The van der Waals surface area contributed by atoms with Crippen molar-refractivity contribution >= 4 is 11.9 Å². The van der Waals surface area contributed by atoms with Gasteiger partial charge in [0.05, 0.1) is 5.56 Å². The first kappa shape index (κ1) is 19.5. The highest BCUT2D eigenvalue weighted by Crippen LogP contribution is 2.13. The molecule has 3 aromatic rings. The average molecular weight is 374 g/mol. The summed E-state index contributed by atoms with van der Waals surface area (Å²) in [5.41, 5.74) is 2.86. The number of benzene rings is 2. The first-order chi connectivity index (χ1) is 13.6. The molecule has 0 saturated carbocycles. The van der Waals surface area contributed by atoms with E-state index in [4.69, 9.17) is 0 Å². The van der Waals surface area contributed by atoms with Crippen LogP contribution in [0.2, 0.25) is 0 Å². The molecule has 5 heteroatoms. The summed E-state index contributed by atoms with van der Waals surface area (Å²) in [6, 6.07) is 20.3. The van der Waals surface area contributed by atoms with Gasteiger partial charge in [-0.05, 0) is 31.4 Å². The van der Waals surface area contributed by atoms with Crippen LogP contribution in [0, 0.1) is 0 Å². The molecule has 0 bridgehead atoms. The summed E-state index contributed by atoms with van der Waals surface area (Å²) in [7, 11) is 0. The van der Waals surface area contributed by atoms with Crippen molar-refractivity contribution in [3.8, 4) is 0 Å². The van der Waals surface area contributed by atoms with Gasteiger partial charge in [0.1, 0.15) is 0 Å². The molecule has 0 aliphatic carbocycles. The van der Waals surface area contributed by atoms with Crippen molar-refractivity contribution in [3.63, 3.8) is 0 Å². The Bertz CT molecular complexity index is 864. The van der Waals surface area contributed by atoms with Gasteiger partial charge in [-0.15, -0.1) is 0 Å². The summed E-state index contributed by atoms with van der Waals surface area (Å²) in [6.45, 7) is 5.33. The van der Waals surface area contributed by atoms with E-state index in [0.717, 1.165) is 18.5 Å². The topological polar surface area (TPSA) is 58.1 Å². The quantitative estimate of drug-likeness (QED) is 0.642. The number of hydrogen-bond donors (Lipinski definition) is 1. The maximum atomic E-state index is 12.9. The van der Waals surface area contributed by atoms with Crippen LogP contribution >= 0.6 is 0 Å². The van der Waals surface area contributed by atoms with Gasteiger partial charge in [0.2, 0.25) is 5.95 Å². The molecule has 28 heavy (non-hydrogen) atoms. The molecule has 0 aliphatic rings. The van der Waals surface area contributed by atoms with Gasteiger partial charge < -0.3 is 10.2 Å². The first-order valence-corrected chi connectivity index (χ1v) is 9.58. The zero-order valence-electron chi connectivity index (χ0n) is 16.4. The van der Waals surface area contributed by atoms with Crippen molar-refractivity contribution < 1.29 is 4.79 Å². The van der Waals surface area contributed by atoms with Crippen LogP contribution in [0.3, 0.4) is 0 Å². The minimum Gasteiger partial charge on any atom is -0.354 e. The van der Waals surface area contributed by atoms with Crippen LogP contribution in [0.1, 0.15) is 35.3 Å². The predicted octanol–water partition coefficient (Wildman–Crippen LogP) is 4.18. The molecule has 1 heterocycles. The molecule has 5 nitrogen and oxygen atoms in total. The van der Waals surface area contributed by atoms with Crippen molar-refractivity contribution in [2.75, 3.05) is 11.9 Å². The fourth-order valence-corrected chi connectivity index (χ4v) is 2.93. The van der Waals surface area contributed by atoms with E-state index in [0.29, 0.717) is 18.1 Å². The van der Waals surface area contributed by atoms with Crippen LogP contribution in [0.25, 0.3) is 0 Å². The van der Waals surface area contributed by atoms with Crippen molar-refractivity contribution in [3.05, 3.63) is 89.7 Å². The predicted molar refractivity (Wildman–Crippen MR) is 112 cm³/mol. The highest BCUT2D eigenvalue weighted by Gasteiger charge is 2.19. The zero-order valence-corrected chi connectivity index (χ0v) is 16.4. The molecular formula is C23H26N4O. The molecule has 0 radical (unpaired) electrons. The number of nitrogens with zero attached hydrogens (tertiary/aromatic N) is 3. The summed E-state index contributed by atoms with van der Waals surface area (Å²) in [4.78, 5) is 23.4. The van der Waals surface area contributed by atoms with Crippen LogP contribution < -0.4 is 5.32 Å². The lowest BCUT2D eigenvalue weighted by molar-refractivity contribution is 0.0689. The first-order valence-electron chi connectivity index (χ1n) is 9.58. The summed E-state index contributed by atoms with van der Waals surface area (Å²) >= 11 is 0. The Hall–Kier alpha value is -3.21. The Morgan fingerprint density at radius 2 is 1.50 bits per heavy atom. The summed E-state index contributed by atoms with van der Waals surface area (Å²) in [5, 5.41) is 3.20. The lowest BCUT2D eigenvalue weighted by Gasteiger charge is -2.26. The number of nitrogens with one attached hydrogen (secondary N) is 1. The third-order valence-electron chi connectivity index (χ3n) is 4.52. The highest BCUT2D eigenvalue weighted by molar-refractivity contribution is 5.93. The fraction of sp³-hybridized carbons (Fsp3) is 0.261. The number of aromatic nitrogens is 2. The second kappa shape index (κ2) is 9.65. The Morgan fingerprint density at radius 3 is 2.07 bits per heavy atom. The lowest BCUT2D eigenvalue weighted by Crippen LogP contribution is -2.36. The maximum absolute atomic E-state index is 12.9.